The number of hydrogen-bond acceptors (Lipinski definition) is 3. The molecule has 0 radical (unpaired) electrons. The minimum absolute atomic E-state index is 0.206. The van der Waals surface area contributed by atoms with Gasteiger partial charge in [-0.05, 0) is 50.4 Å². The molecule has 1 aliphatic rings. The maximum Gasteiger partial charge on any atom is 0.111 e. The first kappa shape index (κ1) is 14.5. The number of rotatable bonds is 4. The van der Waals surface area contributed by atoms with Gasteiger partial charge in [-0.2, -0.15) is 0 Å². The van der Waals surface area contributed by atoms with Crippen molar-refractivity contribution in [1.29, 1.82) is 0 Å². The Morgan fingerprint density at radius 3 is 3.14 bits per heavy atom. The zero-order chi connectivity index (χ0) is 14.8. The van der Waals surface area contributed by atoms with Crippen LogP contribution in [0.15, 0.2) is 18.2 Å². The summed E-state index contributed by atoms with van der Waals surface area (Å²) in [5.74, 6) is 1.56. The standard InChI is InChI=1S/C17H25N3O/c1-3-14(21)11-20-8-4-5-13(10-20)17-18-15-7-6-12(2)9-16(15)19-17/h6-7,9,13-14,21H,3-5,8,10-11H2,1-2H3,(H,18,19)/t13-,14+/m0/s1. The van der Waals surface area contributed by atoms with Crippen LogP contribution in [-0.2, 0) is 0 Å². The van der Waals surface area contributed by atoms with Crippen molar-refractivity contribution in [2.24, 2.45) is 0 Å². The highest BCUT2D eigenvalue weighted by Gasteiger charge is 2.24. The number of hydrogen-bond donors (Lipinski definition) is 2. The quantitative estimate of drug-likeness (QED) is 0.909. The number of aromatic nitrogens is 2. The molecule has 1 fully saturated rings. The van der Waals surface area contributed by atoms with Crippen LogP contribution < -0.4 is 0 Å². The molecule has 1 aromatic carbocycles. The van der Waals surface area contributed by atoms with Crippen molar-refractivity contribution < 1.29 is 5.11 Å². The van der Waals surface area contributed by atoms with Crippen LogP contribution in [0.5, 0.6) is 0 Å². The van der Waals surface area contributed by atoms with Gasteiger partial charge < -0.3 is 15.0 Å². The first-order valence-corrected chi connectivity index (χ1v) is 8.02. The van der Waals surface area contributed by atoms with Gasteiger partial charge in [0.15, 0.2) is 0 Å². The van der Waals surface area contributed by atoms with Gasteiger partial charge in [-0.1, -0.05) is 13.0 Å². The van der Waals surface area contributed by atoms with E-state index in [0.717, 1.165) is 42.9 Å². The van der Waals surface area contributed by atoms with Gasteiger partial charge in [0.1, 0.15) is 5.82 Å². The van der Waals surface area contributed by atoms with Crippen LogP contribution >= 0.6 is 0 Å². The topological polar surface area (TPSA) is 52.1 Å². The Kier molecular flexibility index (Phi) is 4.27. The van der Waals surface area contributed by atoms with Crippen LogP contribution in [0.3, 0.4) is 0 Å². The molecule has 1 aromatic heterocycles. The molecule has 2 N–H and O–H groups in total. The second-order valence-electron chi connectivity index (χ2n) is 6.30. The molecule has 0 saturated carbocycles. The zero-order valence-electron chi connectivity index (χ0n) is 13.0. The molecule has 0 unspecified atom stereocenters. The number of aryl methyl sites for hydroxylation is 1. The summed E-state index contributed by atoms with van der Waals surface area (Å²) in [4.78, 5) is 10.6. The molecule has 0 bridgehead atoms. The Balaban J connectivity index is 1.75. The number of aliphatic hydroxyl groups is 1. The highest BCUT2D eigenvalue weighted by molar-refractivity contribution is 5.75. The molecule has 2 atom stereocenters. The summed E-state index contributed by atoms with van der Waals surface area (Å²) < 4.78 is 0. The lowest BCUT2D eigenvalue weighted by molar-refractivity contribution is 0.0919. The van der Waals surface area contributed by atoms with Gasteiger partial charge in [0, 0.05) is 19.0 Å². The van der Waals surface area contributed by atoms with Gasteiger partial charge in [-0.15, -0.1) is 0 Å². The van der Waals surface area contributed by atoms with Crippen molar-refractivity contribution in [1.82, 2.24) is 14.9 Å². The minimum atomic E-state index is -0.206. The predicted molar refractivity (Wildman–Crippen MR) is 85.5 cm³/mol. The Labute approximate surface area is 126 Å². The maximum atomic E-state index is 9.85. The zero-order valence-corrected chi connectivity index (χ0v) is 13.0. The lowest BCUT2D eigenvalue weighted by Crippen LogP contribution is -2.39. The van der Waals surface area contributed by atoms with Crippen molar-refractivity contribution in [3.05, 3.63) is 29.6 Å². The maximum absolute atomic E-state index is 9.85. The highest BCUT2D eigenvalue weighted by Crippen LogP contribution is 2.27. The van der Waals surface area contributed by atoms with Gasteiger partial charge >= 0.3 is 0 Å². The average Bonchev–Trinajstić information content (AvgIpc) is 2.90. The molecule has 1 saturated heterocycles. The van der Waals surface area contributed by atoms with E-state index in [1.54, 1.807) is 0 Å². The van der Waals surface area contributed by atoms with E-state index in [1.165, 1.54) is 18.4 Å². The first-order valence-electron chi connectivity index (χ1n) is 8.02. The number of H-pyrrole nitrogens is 1. The molecule has 2 aromatic rings. The number of fused-ring (bicyclic) bond motifs is 1. The number of benzene rings is 1. The number of piperidine rings is 1. The molecule has 114 valence electrons. The number of nitrogens with zero attached hydrogens (tertiary/aromatic N) is 2. The minimum Gasteiger partial charge on any atom is -0.392 e. The fraction of sp³-hybridized carbons (Fsp3) is 0.588. The van der Waals surface area contributed by atoms with Crippen molar-refractivity contribution >= 4 is 11.0 Å². The normalized spacial score (nSPS) is 21.8. The van der Waals surface area contributed by atoms with Crippen LogP contribution in [0.2, 0.25) is 0 Å². The molecule has 0 amide bonds. The summed E-state index contributed by atoms with van der Waals surface area (Å²) in [6.07, 6.45) is 2.97. The average molecular weight is 287 g/mol. The first-order chi connectivity index (χ1) is 10.2. The van der Waals surface area contributed by atoms with Crippen molar-refractivity contribution in [2.45, 2.75) is 45.1 Å². The van der Waals surface area contributed by atoms with E-state index >= 15 is 0 Å². The van der Waals surface area contributed by atoms with Gasteiger partial charge in [0.25, 0.3) is 0 Å². The Morgan fingerprint density at radius 1 is 1.48 bits per heavy atom. The fourth-order valence-corrected chi connectivity index (χ4v) is 3.21. The number of β-amino-alcohol motifs (C(OH)–C–C–N with tert-alkyl or cyclic N) is 1. The van der Waals surface area contributed by atoms with Crippen LogP contribution in [0, 0.1) is 6.92 Å². The van der Waals surface area contributed by atoms with Crippen molar-refractivity contribution in [3.8, 4) is 0 Å². The molecule has 0 aliphatic carbocycles. The third-order valence-corrected chi connectivity index (χ3v) is 4.49. The van der Waals surface area contributed by atoms with E-state index < -0.39 is 0 Å². The second kappa shape index (κ2) is 6.16. The smallest absolute Gasteiger partial charge is 0.111 e. The van der Waals surface area contributed by atoms with Gasteiger partial charge in [0.05, 0.1) is 17.1 Å². The van der Waals surface area contributed by atoms with Crippen molar-refractivity contribution in [2.75, 3.05) is 19.6 Å². The molecule has 3 rings (SSSR count). The van der Waals surface area contributed by atoms with Crippen LogP contribution in [0.25, 0.3) is 11.0 Å². The van der Waals surface area contributed by atoms with E-state index in [1.807, 2.05) is 6.92 Å². The highest BCUT2D eigenvalue weighted by atomic mass is 16.3. The molecule has 4 heteroatoms. The van der Waals surface area contributed by atoms with Crippen LogP contribution in [0.4, 0.5) is 0 Å². The Hall–Kier alpha value is -1.39. The molecular weight excluding hydrogens is 262 g/mol. The largest absolute Gasteiger partial charge is 0.392 e. The summed E-state index contributed by atoms with van der Waals surface area (Å²) in [6.45, 7) is 7.01. The van der Waals surface area contributed by atoms with E-state index in [0.29, 0.717) is 5.92 Å². The van der Waals surface area contributed by atoms with Crippen molar-refractivity contribution in [3.63, 3.8) is 0 Å². The Morgan fingerprint density at radius 2 is 2.33 bits per heavy atom. The molecule has 1 aliphatic heterocycles. The SMILES string of the molecule is CC[C@@H](O)CN1CCC[C@H](c2nc3ccc(C)cc3[nH]2)C1. The molecule has 21 heavy (non-hydrogen) atoms. The van der Waals surface area contributed by atoms with Crippen LogP contribution in [0.1, 0.15) is 43.5 Å². The third-order valence-electron chi connectivity index (χ3n) is 4.49. The number of aromatic amines is 1. The fourth-order valence-electron chi connectivity index (χ4n) is 3.21. The molecule has 0 spiro atoms. The van der Waals surface area contributed by atoms with Gasteiger partial charge in [-0.25, -0.2) is 4.98 Å². The molecular formula is C17H25N3O. The Bertz CT molecular complexity index is 607. The van der Waals surface area contributed by atoms with Crippen LogP contribution in [-0.4, -0.2) is 45.7 Å². The van der Waals surface area contributed by atoms with E-state index in [9.17, 15) is 5.11 Å². The molecule has 4 nitrogen and oxygen atoms in total. The summed E-state index contributed by atoms with van der Waals surface area (Å²) in [7, 11) is 0. The summed E-state index contributed by atoms with van der Waals surface area (Å²) in [5, 5.41) is 9.85. The van der Waals surface area contributed by atoms with E-state index in [-0.39, 0.29) is 6.10 Å². The number of likely N-dealkylation sites (tertiary alicyclic amines) is 1. The predicted octanol–water partition coefficient (Wildman–Crippen LogP) is 2.82. The number of aliphatic hydroxyl groups excluding tert-OH is 1. The van der Waals surface area contributed by atoms with Gasteiger partial charge in [-0.3, -0.25) is 0 Å². The van der Waals surface area contributed by atoms with E-state index in [2.05, 4.69) is 35.0 Å². The number of nitrogens with one attached hydrogen (secondary N) is 1. The summed E-state index contributed by atoms with van der Waals surface area (Å²) in [5.41, 5.74) is 3.45. The van der Waals surface area contributed by atoms with E-state index in [4.69, 9.17) is 4.98 Å². The lowest BCUT2D eigenvalue weighted by atomic mass is 9.97. The third kappa shape index (κ3) is 3.27. The second-order valence-corrected chi connectivity index (χ2v) is 6.30. The van der Waals surface area contributed by atoms with Gasteiger partial charge in [0.2, 0.25) is 0 Å². The number of imidazole rings is 1. The summed E-state index contributed by atoms with van der Waals surface area (Å²) >= 11 is 0. The monoisotopic (exact) mass is 287 g/mol. The lowest BCUT2D eigenvalue weighted by Gasteiger charge is -2.32. The summed E-state index contributed by atoms with van der Waals surface area (Å²) in [6, 6.07) is 6.36. The molecule has 2 heterocycles.